The molecular formula is C21H25ClN2O2. The molecule has 1 N–H and O–H groups in total. The van der Waals surface area contributed by atoms with E-state index in [2.05, 4.69) is 34.5 Å². The molecule has 0 radical (unpaired) electrons. The zero-order valence-corrected chi connectivity index (χ0v) is 15.6. The Kier molecular flexibility index (Phi) is 7.06. The third kappa shape index (κ3) is 5.56. The maximum atomic E-state index is 12.1. The number of unbranched alkanes of at least 4 members (excludes halogenated alkanes) is 1. The van der Waals surface area contributed by atoms with Gasteiger partial charge in [-0.3, -0.25) is 9.69 Å². The summed E-state index contributed by atoms with van der Waals surface area (Å²) >= 11 is 5.92. The Labute approximate surface area is 160 Å². The Morgan fingerprint density at radius 1 is 1.15 bits per heavy atom. The fourth-order valence-corrected chi connectivity index (χ4v) is 3.36. The molecule has 0 aromatic heterocycles. The lowest BCUT2D eigenvalue weighted by molar-refractivity contribution is -0.0303. The zero-order chi connectivity index (χ0) is 18.2. The average Bonchev–Trinajstić information content (AvgIpc) is 2.68. The van der Waals surface area contributed by atoms with Crippen molar-refractivity contribution in [2.24, 2.45) is 0 Å². The summed E-state index contributed by atoms with van der Waals surface area (Å²) in [6.07, 6.45) is 2.17. The van der Waals surface area contributed by atoms with Gasteiger partial charge in [0.1, 0.15) is 0 Å². The fourth-order valence-electron chi connectivity index (χ4n) is 3.17. The van der Waals surface area contributed by atoms with Gasteiger partial charge in [0, 0.05) is 30.2 Å². The van der Waals surface area contributed by atoms with Crippen LogP contribution in [0, 0.1) is 0 Å². The van der Waals surface area contributed by atoms with E-state index in [4.69, 9.17) is 16.3 Å². The predicted molar refractivity (Wildman–Crippen MR) is 105 cm³/mol. The fraction of sp³-hybridized carbons (Fsp3) is 0.381. The lowest BCUT2D eigenvalue weighted by Crippen LogP contribution is -2.39. The number of benzene rings is 2. The van der Waals surface area contributed by atoms with Gasteiger partial charge in [0.25, 0.3) is 5.91 Å². The number of ether oxygens (including phenoxy) is 1. The minimum atomic E-state index is -0.0667. The van der Waals surface area contributed by atoms with Crippen LogP contribution in [0.4, 0.5) is 0 Å². The van der Waals surface area contributed by atoms with Gasteiger partial charge >= 0.3 is 0 Å². The van der Waals surface area contributed by atoms with Gasteiger partial charge in [-0.05, 0) is 43.1 Å². The molecule has 26 heavy (non-hydrogen) atoms. The van der Waals surface area contributed by atoms with Crippen molar-refractivity contribution in [1.29, 1.82) is 0 Å². The first-order valence-corrected chi connectivity index (χ1v) is 9.53. The Morgan fingerprint density at radius 2 is 2.00 bits per heavy atom. The van der Waals surface area contributed by atoms with Crippen molar-refractivity contribution in [3.63, 3.8) is 0 Å². The molecule has 1 saturated heterocycles. The second-order valence-electron chi connectivity index (χ2n) is 6.54. The topological polar surface area (TPSA) is 41.6 Å². The van der Waals surface area contributed by atoms with Gasteiger partial charge in [-0.15, -0.1) is 0 Å². The predicted octanol–water partition coefficient (Wildman–Crippen LogP) is 3.92. The summed E-state index contributed by atoms with van der Waals surface area (Å²) in [7, 11) is 0. The molecule has 1 amide bonds. The van der Waals surface area contributed by atoms with Gasteiger partial charge in [-0.1, -0.05) is 48.0 Å². The van der Waals surface area contributed by atoms with Gasteiger partial charge in [0.2, 0.25) is 0 Å². The maximum Gasteiger partial charge on any atom is 0.251 e. The zero-order valence-electron chi connectivity index (χ0n) is 14.9. The number of halogens is 1. The molecule has 0 unspecified atom stereocenters. The highest BCUT2D eigenvalue weighted by Gasteiger charge is 2.21. The Morgan fingerprint density at radius 3 is 2.81 bits per heavy atom. The molecule has 0 bridgehead atoms. The van der Waals surface area contributed by atoms with E-state index in [0.717, 1.165) is 39.1 Å². The second-order valence-corrected chi connectivity index (χ2v) is 6.98. The first-order chi connectivity index (χ1) is 12.7. The first-order valence-electron chi connectivity index (χ1n) is 9.15. The van der Waals surface area contributed by atoms with Crippen LogP contribution in [0.15, 0.2) is 54.6 Å². The van der Waals surface area contributed by atoms with E-state index < -0.39 is 0 Å². The standard InChI is InChI=1S/C21H25ClN2O2/c22-19-10-6-9-18(15-19)21(25)23-11-4-5-12-24-13-14-26-20(16-24)17-7-2-1-3-8-17/h1-3,6-10,15,20H,4-5,11-14,16H2,(H,23,25)/t20-/m0/s1. The number of hydrogen-bond donors (Lipinski definition) is 1. The van der Waals surface area contributed by atoms with E-state index >= 15 is 0 Å². The molecule has 3 rings (SSSR count). The van der Waals surface area contributed by atoms with Crippen LogP contribution in [0.3, 0.4) is 0 Å². The summed E-state index contributed by atoms with van der Waals surface area (Å²) < 4.78 is 5.90. The monoisotopic (exact) mass is 372 g/mol. The van der Waals surface area contributed by atoms with E-state index in [-0.39, 0.29) is 12.0 Å². The van der Waals surface area contributed by atoms with E-state index in [9.17, 15) is 4.79 Å². The largest absolute Gasteiger partial charge is 0.371 e. The van der Waals surface area contributed by atoms with Crippen LogP contribution in [-0.4, -0.2) is 43.6 Å². The van der Waals surface area contributed by atoms with Crippen LogP contribution >= 0.6 is 11.6 Å². The van der Waals surface area contributed by atoms with Crippen LogP contribution in [0.5, 0.6) is 0 Å². The molecule has 1 atom stereocenters. The van der Waals surface area contributed by atoms with Crippen molar-refractivity contribution in [1.82, 2.24) is 10.2 Å². The SMILES string of the molecule is O=C(NCCCCN1CCO[C@H](c2ccccc2)C1)c1cccc(Cl)c1. The summed E-state index contributed by atoms with van der Waals surface area (Å²) in [4.78, 5) is 14.5. The number of carbonyl (C=O) groups excluding carboxylic acids is 1. The highest BCUT2D eigenvalue weighted by molar-refractivity contribution is 6.30. The molecule has 0 saturated carbocycles. The molecule has 138 valence electrons. The highest BCUT2D eigenvalue weighted by atomic mass is 35.5. The number of morpholine rings is 1. The molecule has 0 aliphatic carbocycles. The molecule has 1 aliphatic heterocycles. The molecule has 5 heteroatoms. The van der Waals surface area contributed by atoms with Crippen molar-refractivity contribution >= 4 is 17.5 Å². The van der Waals surface area contributed by atoms with Crippen molar-refractivity contribution in [2.45, 2.75) is 18.9 Å². The number of nitrogens with one attached hydrogen (secondary N) is 1. The molecule has 1 aliphatic rings. The van der Waals surface area contributed by atoms with Crippen LogP contribution in [0.25, 0.3) is 0 Å². The summed E-state index contributed by atoms with van der Waals surface area (Å²) in [6.45, 7) is 4.37. The van der Waals surface area contributed by atoms with Crippen molar-refractivity contribution in [2.75, 3.05) is 32.8 Å². The Bertz CT molecular complexity index is 708. The number of carbonyl (C=O) groups is 1. The van der Waals surface area contributed by atoms with Gasteiger partial charge in [-0.2, -0.15) is 0 Å². The van der Waals surface area contributed by atoms with Crippen LogP contribution in [0.2, 0.25) is 5.02 Å². The quantitative estimate of drug-likeness (QED) is 0.749. The van der Waals surface area contributed by atoms with Crippen LogP contribution < -0.4 is 5.32 Å². The Balaban J connectivity index is 1.35. The third-order valence-electron chi connectivity index (χ3n) is 4.60. The smallest absolute Gasteiger partial charge is 0.251 e. The molecule has 0 spiro atoms. The van der Waals surface area contributed by atoms with E-state index in [1.54, 1.807) is 24.3 Å². The third-order valence-corrected chi connectivity index (χ3v) is 4.83. The van der Waals surface area contributed by atoms with Crippen LogP contribution in [0.1, 0.15) is 34.9 Å². The normalized spacial score (nSPS) is 17.8. The minimum absolute atomic E-state index is 0.0667. The van der Waals surface area contributed by atoms with E-state index in [1.807, 2.05) is 6.07 Å². The summed E-state index contributed by atoms with van der Waals surface area (Å²) in [6, 6.07) is 17.4. The minimum Gasteiger partial charge on any atom is -0.371 e. The van der Waals surface area contributed by atoms with E-state index in [0.29, 0.717) is 17.1 Å². The highest BCUT2D eigenvalue weighted by Crippen LogP contribution is 2.22. The number of hydrogen-bond acceptors (Lipinski definition) is 3. The first kappa shape index (κ1) is 18.9. The van der Waals surface area contributed by atoms with Crippen molar-refractivity contribution in [3.05, 3.63) is 70.7 Å². The Hall–Kier alpha value is -1.88. The van der Waals surface area contributed by atoms with Crippen molar-refractivity contribution in [3.8, 4) is 0 Å². The maximum absolute atomic E-state index is 12.1. The molecule has 2 aromatic rings. The number of nitrogens with zero attached hydrogens (tertiary/aromatic N) is 1. The lowest BCUT2D eigenvalue weighted by Gasteiger charge is -2.33. The van der Waals surface area contributed by atoms with Gasteiger partial charge in [-0.25, -0.2) is 0 Å². The summed E-state index contributed by atoms with van der Waals surface area (Å²) in [5, 5.41) is 3.54. The number of rotatable bonds is 7. The van der Waals surface area contributed by atoms with Gasteiger partial charge in [0.05, 0.1) is 12.7 Å². The molecule has 4 nitrogen and oxygen atoms in total. The molecule has 1 heterocycles. The van der Waals surface area contributed by atoms with Gasteiger partial charge in [0.15, 0.2) is 0 Å². The summed E-state index contributed by atoms with van der Waals surface area (Å²) in [5.41, 5.74) is 1.85. The van der Waals surface area contributed by atoms with Crippen LogP contribution in [-0.2, 0) is 4.74 Å². The molecule has 2 aromatic carbocycles. The van der Waals surface area contributed by atoms with Gasteiger partial charge < -0.3 is 10.1 Å². The second kappa shape index (κ2) is 9.72. The summed E-state index contributed by atoms with van der Waals surface area (Å²) in [5.74, 6) is -0.0667. The lowest BCUT2D eigenvalue weighted by atomic mass is 10.1. The molecule has 1 fully saturated rings. The average molecular weight is 373 g/mol. The van der Waals surface area contributed by atoms with E-state index in [1.165, 1.54) is 5.56 Å². The number of amides is 1. The molecular weight excluding hydrogens is 348 g/mol. The van der Waals surface area contributed by atoms with Crippen molar-refractivity contribution < 1.29 is 9.53 Å².